The molecule has 3 rings (SSSR count). The summed E-state index contributed by atoms with van der Waals surface area (Å²) in [7, 11) is 0. The van der Waals surface area contributed by atoms with E-state index in [1.165, 1.54) is 35.2 Å². The number of rotatable bonds is 24. The number of nitrogens with one attached hydrogen (secondary N) is 5. The summed E-state index contributed by atoms with van der Waals surface area (Å²) in [5, 5.41) is 10.6. The summed E-state index contributed by atoms with van der Waals surface area (Å²) in [6.07, 6.45) is 2.01. The Balaban J connectivity index is 1.85. The Hall–Kier alpha value is -6.80. The summed E-state index contributed by atoms with van der Waals surface area (Å²) < 4.78 is 12.6. The maximum Gasteiger partial charge on any atom is 0.413 e. The van der Waals surface area contributed by atoms with Gasteiger partial charge < -0.3 is 35.2 Å². The smallest absolute Gasteiger partial charge is 0.413 e. The Kier molecular flexibility index (Phi) is 21.7. The largest absolute Gasteiger partial charge is 0.444 e. The van der Waals surface area contributed by atoms with Crippen molar-refractivity contribution >= 4 is 41.6 Å². The first-order valence-corrected chi connectivity index (χ1v) is 22.9. The highest BCUT2D eigenvalue weighted by Crippen LogP contribution is 2.17. The molecule has 2 heterocycles. The Morgan fingerprint density at radius 3 is 1.84 bits per heavy atom. The SMILES string of the molecule is Cc1cn(CC(=O)N(CCNC(=O)C(CC(C)C)N(CCC(C)C)C(=O)Cn2ccc(NC(=O)OCc3ccccc3)nc2=O)C(CC(C)C)C(=O)NCCNC(=O)OC(C)(C)C)c(=O)[nH]c1=O. The first-order chi connectivity index (χ1) is 31.9. The van der Waals surface area contributed by atoms with Crippen LogP contribution in [0.25, 0.3) is 0 Å². The van der Waals surface area contributed by atoms with Crippen LogP contribution in [0.2, 0.25) is 0 Å². The lowest BCUT2D eigenvalue weighted by atomic mass is 10.00. The zero-order valence-corrected chi connectivity index (χ0v) is 41.0. The Bertz CT molecular complexity index is 2350. The lowest BCUT2D eigenvalue weighted by molar-refractivity contribution is -0.143. The fourth-order valence-corrected chi connectivity index (χ4v) is 6.84. The minimum absolute atomic E-state index is 0.000202. The maximum absolute atomic E-state index is 14.3. The lowest BCUT2D eigenvalue weighted by Gasteiger charge is -2.34. The summed E-state index contributed by atoms with van der Waals surface area (Å²) >= 11 is 0. The molecule has 1 aromatic carbocycles. The van der Waals surface area contributed by atoms with Crippen molar-refractivity contribution in [1.29, 1.82) is 0 Å². The molecule has 68 heavy (non-hydrogen) atoms. The average molecular weight is 951 g/mol. The number of carbonyl (C=O) groups is 6. The molecule has 0 bridgehead atoms. The van der Waals surface area contributed by atoms with Crippen molar-refractivity contribution in [3.63, 3.8) is 0 Å². The maximum atomic E-state index is 14.3. The van der Waals surface area contributed by atoms with Crippen LogP contribution >= 0.6 is 0 Å². The van der Waals surface area contributed by atoms with Gasteiger partial charge in [0.15, 0.2) is 0 Å². The fraction of sp³-hybridized carbons (Fsp3) is 0.574. The number of hydrogen-bond donors (Lipinski definition) is 5. The third-order valence-electron chi connectivity index (χ3n) is 10.2. The summed E-state index contributed by atoms with van der Waals surface area (Å²) in [4.78, 5) is 128. The molecule has 0 radical (unpaired) electrons. The number of alkyl carbamates (subject to hydrolysis) is 1. The number of amides is 6. The van der Waals surface area contributed by atoms with Crippen molar-refractivity contribution in [2.75, 3.05) is 38.0 Å². The quantitative estimate of drug-likeness (QED) is 0.0812. The van der Waals surface area contributed by atoms with Crippen LogP contribution in [-0.4, -0.2) is 115 Å². The van der Waals surface area contributed by atoms with Crippen LogP contribution in [-0.2, 0) is 48.3 Å². The molecule has 0 aliphatic rings. The van der Waals surface area contributed by atoms with Gasteiger partial charge in [0.25, 0.3) is 5.56 Å². The van der Waals surface area contributed by atoms with E-state index in [2.05, 4.69) is 31.2 Å². The van der Waals surface area contributed by atoms with Crippen LogP contribution in [0.15, 0.2) is 63.2 Å². The molecule has 374 valence electrons. The second-order valence-corrected chi connectivity index (χ2v) is 18.8. The fourth-order valence-electron chi connectivity index (χ4n) is 6.84. The highest BCUT2D eigenvalue weighted by Gasteiger charge is 2.33. The van der Waals surface area contributed by atoms with Gasteiger partial charge in [-0.3, -0.25) is 43.4 Å². The predicted octanol–water partition coefficient (Wildman–Crippen LogP) is 3.14. The van der Waals surface area contributed by atoms with Crippen LogP contribution in [0.4, 0.5) is 15.4 Å². The number of ether oxygens (including phenoxy) is 2. The molecule has 0 saturated carbocycles. The predicted molar refractivity (Wildman–Crippen MR) is 254 cm³/mol. The number of aromatic amines is 1. The molecule has 2 aromatic heterocycles. The number of carbonyl (C=O) groups excluding carboxylic acids is 6. The van der Waals surface area contributed by atoms with E-state index in [0.29, 0.717) is 6.42 Å². The molecule has 3 aromatic rings. The average Bonchev–Trinajstić information content (AvgIpc) is 3.24. The normalized spacial score (nSPS) is 12.2. The second kappa shape index (κ2) is 26.5. The molecule has 2 atom stereocenters. The molecule has 21 nitrogen and oxygen atoms in total. The third kappa shape index (κ3) is 19.2. The minimum Gasteiger partial charge on any atom is -0.444 e. The third-order valence-corrected chi connectivity index (χ3v) is 10.2. The van der Waals surface area contributed by atoms with Gasteiger partial charge in [-0.25, -0.2) is 19.2 Å². The summed E-state index contributed by atoms with van der Waals surface area (Å²) in [6, 6.07) is 8.27. The van der Waals surface area contributed by atoms with Crippen LogP contribution in [0.1, 0.15) is 92.7 Å². The van der Waals surface area contributed by atoms with Gasteiger partial charge in [0.05, 0.1) is 0 Å². The first kappa shape index (κ1) is 55.5. The summed E-state index contributed by atoms with van der Waals surface area (Å²) in [5.41, 5.74) is -2.04. The van der Waals surface area contributed by atoms with Crippen molar-refractivity contribution in [3.8, 4) is 0 Å². The van der Waals surface area contributed by atoms with Gasteiger partial charge in [-0.1, -0.05) is 71.9 Å². The van der Waals surface area contributed by atoms with Crippen molar-refractivity contribution in [2.24, 2.45) is 17.8 Å². The Labute approximate surface area is 396 Å². The van der Waals surface area contributed by atoms with Crippen LogP contribution < -0.4 is 38.2 Å². The van der Waals surface area contributed by atoms with E-state index in [1.54, 1.807) is 45.0 Å². The van der Waals surface area contributed by atoms with Gasteiger partial charge in [-0.15, -0.1) is 0 Å². The number of anilines is 1. The zero-order valence-electron chi connectivity index (χ0n) is 41.0. The number of aryl methyl sites for hydroxylation is 1. The van der Waals surface area contributed by atoms with Crippen molar-refractivity contribution in [1.82, 2.24) is 44.9 Å². The molecular weight excluding hydrogens is 881 g/mol. The van der Waals surface area contributed by atoms with Gasteiger partial charge in [-0.2, -0.15) is 4.98 Å². The van der Waals surface area contributed by atoms with Gasteiger partial charge in [0.1, 0.15) is 43.2 Å². The molecule has 2 unspecified atom stereocenters. The monoisotopic (exact) mass is 951 g/mol. The van der Waals surface area contributed by atoms with Crippen LogP contribution in [0.5, 0.6) is 0 Å². The number of aromatic nitrogens is 4. The molecule has 0 aliphatic carbocycles. The molecule has 0 aliphatic heterocycles. The standard InChI is InChI=1S/C47H70N10O11/c1-30(2)16-22-56(38(58)27-54-21-17-37(51-43(54)63)52-46(66)67-29-34-14-12-11-13-15-34)35(24-31(3)4)42(62)49-20-23-57(39(59)28-55-26-33(7)40(60)53-44(55)64)36(25-32(5)6)41(61)48-18-19-50-45(65)68-47(8,9)10/h11-15,17,21,26,30-32,35-36H,16,18-20,22-25,27-29H2,1-10H3,(H,48,61)(H,49,62)(H,50,65)(H,53,60,64)(H,51,52,63,66). The summed E-state index contributed by atoms with van der Waals surface area (Å²) in [5.74, 6) is -2.40. The topological polar surface area (TPSA) is 265 Å². The number of H-pyrrole nitrogens is 1. The van der Waals surface area contributed by atoms with Gasteiger partial charge in [-0.05, 0) is 76.3 Å². The highest BCUT2D eigenvalue weighted by molar-refractivity contribution is 5.89. The molecule has 21 heteroatoms. The Morgan fingerprint density at radius 1 is 0.721 bits per heavy atom. The molecule has 0 saturated heterocycles. The van der Waals surface area contributed by atoms with E-state index in [1.807, 2.05) is 47.6 Å². The molecule has 5 N–H and O–H groups in total. The second-order valence-electron chi connectivity index (χ2n) is 18.8. The van der Waals surface area contributed by atoms with E-state index in [4.69, 9.17) is 9.47 Å². The highest BCUT2D eigenvalue weighted by atomic mass is 16.6. The lowest BCUT2D eigenvalue weighted by Crippen LogP contribution is -2.56. The summed E-state index contributed by atoms with van der Waals surface area (Å²) in [6.45, 7) is 16.9. The number of hydrogen-bond acceptors (Lipinski definition) is 12. The van der Waals surface area contributed by atoms with Gasteiger partial charge >= 0.3 is 23.6 Å². The van der Waals surface area contributed by atoms with E-state index in [9.17, 15) is 43.2 Å². The zero-order chi connectivity index (χ0) is 50.7. The number of benzene rings is 1. The van der Waals surface area contributed by atoms with E-state index in [0.717, 1.165) is 14.7 Å². The Morgan fingerprint density at radius 2 is 1.28 bits per heavy atom. The van der Waals surface area contributed by atoms with Crippen molar-refractivity contribution in [2.45, 2.75) is 126 Å². The van der Waals surface area contributed by atoms with Crippen LogP contribution in [0.3, 0.4) is 0 Å². The molecular formula is C47H70N10O11. The van der Waals surface area contributed by atoms with Crippen molar-refractivity contribution < 1.29 is 38.2 Å². The van der Waals surface area contributed by atoms with Crippen molar-refractivity contribution in [3.05, 3.63) is 91.2 Å². The van der Waals surface area contributed by atoms with Gasteiger partial charge in [0, 0.05) is 50.7 Å². The van der Waals surface area contributed by atoms with E-state index < -0.39 is 83.5 Å². The van der Waals surface area contributed by atoms with Crippen LogP contribution in [0, 0.1) is 24.7 Å². The molecule has 6 amide bonds. The van der Waals surface area contributed by atoms with Gasteiger partial charge in [0.2, 0.25) is 23.6 Å². The molecule has 0 fully saturated rings. The minimum atomic E-state index is -1.09. The molecule has 0 spiro atoms. The van der Waals surface area contributed by atoms with E-state index >= 15 is 0 Å². The number of nitrogens with zero attached hydrogens (tertiary/aromatic N) is 5. The van der Waals surface area contributed by atoms with E-state index in [-0.39, 0.29) is 81.3 Å². The first-order valence-electron chi connectivity index (χ1n) is 22.9.